The number of rotatable bonds is 5. The quantitative estimate of drug-likeness (QED) is 0.300. The predicted molar refractivity (Wildman–Crippen MR) is 103 cm³/mol. The molecule has 1 aromatic heterocycles. The first-order valence-corrected chi connectivity index (χ1v) is 8.55. The molecule has 0 bridgehead atoms. The number of aromatic nitrogens is 1. The highest BCUT2D eigenvalue weighted by atomic mass is 35.5. The third-order valence-corrected chi connectivity index (χ3v) is 4.11. The fourth-order valence-electron chi connectivity index (χ4n) is 2.56. The second kappa shape index (κ2) is 8.01. The summed E-state index contributed by atoms with van der Waals surface area (Å²) in [5.41, 5.74) is 0.430. The van der Waals surface area contributed by atoms with Crippen LogP contribution in [0.2, 0.25) is 5.15 Å². The van der Waals surface area contributed by atoms with E-state index in [0.717, 1.165) is 0 Å². The van der Waals surface area contributed by atoms with Gasteiger partial charge in [-0.2, -0.15) is 0 Å². The Morgan fingerprint density at radius 1 is 1.18 bits per heavy atom. The molecule has 0 aliphatic rings. The zero-order valence-electron chi connectivity index (χ0n) is 14.6. The van der Waals surface area contributed by atoms with E-state index in [1.165, 1.54) is 31.2 Å². The van der Waals surface area contributed by atoms with E-state index in [4.69, 9.17) is 16.3 Å². The average Bonchev–Trinajstić information content (AvgIpc) is 2.67. The summed E-state index contributed by atoms with van der Waals surface area (Å²) in [5, 5.41) is 14.1. The Labute approximate surface area is 164 Å². The van der Waals surface area contributed by atoms with Gasteiger partial charge in [-0.15, -0.1) is 0 Å². The van der Waals surface area contributed by atoms with E-state index in [-0.39, 0.29) is 22.1 Å². The van der Waals surface area contributed by atoms with Gasteiger partial charge in [-0.3, -0.25) is 14.9 Å². The number of anilines is 1. The first-order valence-electron chi connectivity index (χ1n) is 8.17. The summed E-state index contributed by atoms with van der Waals surface area (Å²) >= 11 is 5.96. The first-order chi connectivity index (χ1) is 13.4. The van der Waals surface area contributed by atoms with Crippen LogP contribution in [0, 0.1) is 10.1 Å². The highest BCUT2D eigenvalue weighted by Gasteiger charge is 2.23. The van der Waals surface area contributed by atoms with E-state index in [1.807, 2.05) is 0 Å². The Morgan fingerprint density at radius 2 is 1.86 bits per heavy atom. The Hall–Kier alpha value is -3.52. The molecule has 142 valence electrons. The van der Waals surface area contributed by atoms with Crippen molar-refractivity contribution in [3.63, 3.8) is 0 Å². The van der Waals surface area contributed by atoms with Crippen molar-refractivity contribution in [2.75, 3.05) is 5.32 Å². The van der Waals surface area contributed by atoms with Gasteiger partial charge in [0, 0.05) is 11.5 Å². The van der Waals surface area contributed by atoms with E-state index in [9.17, 15) is 19.7 Å². The van der Waals surface area contributed by atoms with Crippen LogP contribution in [0.1, 0.15) is 17.3 Å². The van der Waals surface area contributed by atoms with Gasteiger partial charge in [0.05, 0.1) is 16.0 Å². The molecule has 0 radical (unpaired) electrons. The van der Waals surface area contributed by atoms with Crippen LogP contribution in [-0.2, 0) is 9.53 Å². The third kappa shape index (κ3) is 4.07. The van der Waals surface area contributed by atoms with E-state index >= 15 is 0 Å². The molecule has 0 spiro atoms. The molecule has 3 aromatic rings. The number of nitrogens with one attached hydrogen (secondary N) is 1. The molecule has 0 aliphatic carbocycles. The van der Waals surface area contributed by atoms with Gasteiger partial charge in [-0.05, 0) is 25.1 Å². The Morgan fingerprint density at radius 3 is 2.61 bits per heavy atom. The molecule has 0 saturated carbocycles. The van der Waals surface area contributed by atoms with Crippen molar-refractivity contribution in [3.05, 3.63) is 75.4 Å². The molecule has 28 heavy (non-hydrogen) atoms. The summed E-state index contributed by atoms with van der Waals surface area (Å²) in [5.74, 6) is -1.46. The molecular formula is C19H14ClN3O5. The van der Waals surface area contributed by atoms with Crippen molar-refractivity contribution in [2.45, 2.75) is 13.0 Å². The van der Waals surface area contributed by atoms with Crippen LogP contribution in [0.4, 0.5) is 11.4 Å². The van der Waals surface area contributed by atoms with Gasteiger partial charge in [-0.25, -0.2) is 9.78 Å². The Balaban J connectivity index is 1.78. The molecule has 0 aliphatic heterocycles. The third-order valence-electron chi connectivity index (χ3n) is 3.92. The number of nitrogens with zero attached hydrogens (tertiary/aromatic N) is 2. The highest BCUT2D eigenvalue weighted by molar-refractivity contribution is 6.30. The van der Waals surface area contributed by atoms with Gasteiger partial charge >= 0.3 is 5.97 Å². The maximum absolute atomic E-state index is 12.6. The zero-order valence-corrected chi connectivity index (χ0v) is 15.3. The number of para-hydroxylation sites is 3. The molecule has 0 saturated heterocycles. The van der Waals surface area contributed by atoms with Crippen LogP contribution in [0.5, 0.6) is 0 Å². The van der Waals surface area contributed by atoms with Gasteiger partial charge in [0.1, 0.15) is 10.8 Å². The summed E-state index contributed by atoms with van der Waals surface area (Å²) < 4.78 is 5.23. The van der Waals surface area contributed by atoms with Crippen LogP contribution in [0.25, 0.3) is 10.9 Å². The molecule has 1 N–H and O–H groups in total. The lowest BCUT2D eigenvalue weighted by Gasteiger charge is -2.14. The first kappa shape index (κ1) is 19.2. The maximum atomic E-state index is 12.6. The SMILES string of the molecule is C[C@@H](OC(=O)c1cc(Cl)nc2ccccc12)C(=O)Nc1ccccc1[N+](=O)[O-]. The lowest BCUT2D eigenvalue weighted by Crippen LogP contribution is -2.30. The van der Waals surface area contributed by atoms with Crippen LogP contribution in [0.15, 0.2) is 54.6 Å². The van der Waals surface area contributed by atoms with Crippen molar-refractivity contribution >= 4 is 45.8 Å². The number of esters is 1. The Kier molecular flexibility index (Phi) is 5.51. The van der Waals surface area contributed by atoms with Gasteiger partial charge < -0.3 is 10.1 Å². The second-order valence-electron chi connectivity index (χ2n) is 5.82. The second-order valence-corrected chi connectivity index (χ2v) is 6.21. The van der Waals surface area contributed by atoms with Gasteiger partial charge in [0.25, 0.3) is 11.6 Å². The zero-order chi connectivity index (χ0) is 20.3. The Bertz CT molecular complexity index is 1090. The van der Waals surface area contributed by atoms with Gasteiger partial charge in [0.2, 0.25) is 0 Å². The smallest absolute Gasteiger partial charge is 0.339 e. The minimum Gasteiger partial charge on any atom is -0.449 e. The number of amides is 1. The monoisotopic (exact) mass is 399 g/mol. The van der Waals surface area contributed by atoms with E-state index in [1.54, 1.807) is 30.3 Å². The highest BCUT2D eigenvalue weighted by Crippen LogP contribution is 2.24. The number of fused-ring (bicyclic) bond motifs is 1. The van der Waals surface area contributed by atoms with E-state index in [0.29, 0.717) is 10.9 Å². The standard InChI is InChI=1S/C19H14ClN3O5/c1-11(18(24)22-15-8-4-5-9-16(15)23(26)27)28-19(25)13-10-17(20)21-14-7-3-2-6-12(13)14/h2-11H,1H3,(H,22,24)/t11-/m1/s1. The number of ether oxygens (including phenoxy) is 1. The van der Waals surface area contributed by atoms with Crippen molar-refractivity contribution in [2.24, 2.45) is 0 Å². The molecule has 2 aromatic carbocycles. The number of hydrogen-bond donors (Lipinski definition) is 1. The van der Waals surface area contributed by atoms with Crippen LogP contribution in [-0.4, -0.2) is 27.9 Å². The van der Waals surface area contributed by atoms with E-state index < -0.39 is 22.9 Å². The number of nitro benzene ring substituents is 1. The lowest BCUT2D eigenvalue weighted by molar-refractivity contribution is -0.383. The molecule has 0 fully saturated rings. The predicted octanol–water partition coefficient (Wildman–Crippen LogP) is 3.98. The molecular weight excluding hydrogens is 386 g/mol. The molecule has 3 rings (SSSR count). The van der Waals surface area contributed by atoms with Gasteiger partial charge in [-0.1, -0.05) is 41.9 Å². The minimum absolute atomic E-state index is 0.0119. The van der Waals surface area contributed by atoms with Crippen molar-refractivity contribution < 1.29 is 19.2 Å². The largest absolute Gasteiger partial charge is 0.449 e. The summed E-state index contributed by atoms with van der Waals surface area (Å²) in [7, 11) is 0. The molecule has 0 unspecified atom stereocenters. The number of carbonyl (C=O) groups excluding carboxylic acids is 2. The number of carbonyl (C=O) groups is 2. The molecule has 1 atom stereocenters. The maximum Gasteiger partial charge on any atom is 0.339 e. The molecule has 1 amide bonds. The van der Waals surface area contributed by atoms with Gasteiger partial charge in [0.15, 0.2) is 6.10 Å². The molecule has 8 nitrogen and oxygen atoms in total. The average molecular weight is 400 g/mol. The lowest BCUT2D eigenvalue weighted by atomic mass is 10.1. The van der Waals surface area contributed by atoms with Crippen molar-refractivity contribution in [3.8, 4) is 0 Å². The summed E-state index contributed by atoms with van der Waals surface area (Å²) in [6, 6.07) is 13.9. The molecule has 1 heterocycles. The van der Waals surface area contributed by atoms with Crippen molar-refractivity contribution in [1.82, 2.24) is 4.98 Å². The van der Waals surface area contributed by atoms with Crippen LogP contribution >= 0.6 is 11.6 Å². The normalized spacial score (nSPS) is 11.6. The van der Waals surface area contributed by atoms with Crippen LogP contribution < -0.4 is 5.32 Å². The van der Waals surface area contributed by atoms with Crippen LogP contribution in [0.3, 0.4) is 0 Å². The summed E-state index contributed by atoms with van der Waals surface area (Å²) in [6.45, 7) is 1.37. The fourth-order valence-corrected chi connectivity index (χ4v) is 2.76. The van der Waals surface area contributed by atoms with Crippen molar-refractivity contribution in [1.29, 1.82) is 0 Å². The number of halogens is 1. The summed E-state index contributed by atoms with van der Waals surface area (Å²) in [4.78, 5) is 39.5. The number of pyridine rings is 1. The number of hydrogen-bond acceptors (Lipinski definition) is 6. The number of nitro groups is 1. The minimum atomic E-state index is -1.20. The fraction of sp³-hybridized carbons (Fsp3) is 0.105. The summed E-state index contributed by atoms with van der Waals surface area (Å²) in [6.07, 6.45) is -1.20. The number of benzene rings is 2. The molecule has 9 heteroatoms. The van der Waals surface area contributed by atoms with E-state index in [2.05, 4.69) is 10.3 Å². The topological polar surface area (TPSA) is 111 Å².